The van der Waals surface area contributed by atoms with Crippen LogP contribution in [0, 0.1) is 6.57 Å². The molecule has 0 aliphatic heterocycles. The average Bonchev–Trinajstić information content (AvgIpc) is 2.66. The predicted molar refractivity (Wildman–Crippen MR) is 76.4 cm³/mol. The summed E-state index contributed by atoms with van der Waals surface area (Å²) in [6.07, 6.45) is 10.8. The Morgan fingerprint density at radius 2 is 1.67 bits per heavy atom. The summed E-state index contributed by atoms with van der Waals surface area (Å²) in [5, 5.41) is 0. The molecule has 0 spiro atoms. The molecule has 1 aromatic rings. The van der Waals surface area contributed by atoms with Crippen LogP contribution in [-0.4, -0.2) is 5.54 Å². The van der Waals surface area contributed by atoms with Crippen LogP contribution in [0.1, 0.15) is 56.9 Å². The molecule has 0 aromatic heterocycles. The summed E-state index contributed by atoms with van der Waals surface area (Å²) in [6.45, 7) is 7.55. The molecule has 0 heterocycles. The van der Waals surface area contributed by atoms with Crippen LogP contribution in [0.3, 0.4) is 0 Å². The third-order valence-electron chi connectivity index (χ3n) is 4.22. The van der Waals surface area contributed by atoms with Gasteiger partial charge < -0.3 is 4.85 Å². The maximum absolute atomic E-state index is 7.55. The number of rotatable bonds is 4. The first kappa shape index (κ1) is 13.1. The first-order valence-electron chi connectivity index (χ1n) is 7.27. The minimum absolute atomic E-state index is 0.0225. The van der Waals surface area contributed by atoms with Crippen LogP contribution in [0.15, 0.2) is 30.3 Å². The van der Waals surface area contributed by atoms with Crippen LogP contribution < -0.4 is 0 Å². The van der Waals surface area contributed by atoms with Crippen molar-refractivity contribution in [3.05, 3.63) is 47.3 Å². The standard InChI is InChI=1S/C17H23N/c1-18-17(13-7-2-3-8-14-17)15-9-12-16-10-5-4-6-11-16/h4-6,10-11H,2-3,7-9,12-15H2. The van der Waals surface area contributed by atoms with Gasteiger partial charge in [0.05, 0.1) is 0 Å². The maximum Gasteiger partial charge on any atom is 0.232 e. The second-order valence-corrected chi connectivity index (χ2v) is 5.59. The normalized spacial score (nSPS) is 18.8. The van der Waals surface area contributed by atoms with Gasteiger partial charge in [-0.1, -0.05) is 43.2 Å². The summed E-state index contributed by atoms with van der Waals surface area (Å²) in [6, 6.07) is 10.7. The molecule has 1 aromatic carbocycles. The number of nitrogens with zero attached hydrogens (tertiary/aromatic N) is 1. The van der Waals surface area contributed by atoms with Crippen molar-refractivity contribution in [1.82, 2.24) is 0 Å². The highest BCUT2D eigenvalue weighted by atomic mass is 14.8. The van der Waals surface area contributed by atoms with Gasteiger partial charge in [0.2, 0.25) is 5.54 Å². The Bertz CT molecular complexity index is 380. The quantitative estimate of drug-likeness (QED) is 0.515. The molecule has 1 aliphatic carbocycles. The molecule has 1 saturated carbocycles. The van der Waals surface area contributed by atoms with Crippen LogP contribution in [0.2, 0.25) is 0 Å². The van der Waals surface area contributed by atoms with Gasteiger partial charge in [-0.25, -0.2) is 6.57 Å². The van der Waals surface area contributed by atoms with Crippen molar-refractivity contribution >= 4 is 0 Å². The molecule has 0 bridgehead atoms. The van der Waals surface area contributed by atoms with Gasteiger partial charge in [0, 0.05) is 19.3 Å². The van der Waals surface area contributed by atoms with E-state index in [-0.39, 0.29) is 5.54 Å². The van der Waals surface area contributed by atoms with E-state index in [1.165, 1.54) is 31.2 Å². The SMILES string of the molecule is [C-]#[N+]C1(CCCc2ccccc2)CCCCCC1. The average molecular weight is 241 g/mol. The fourth-order valence-corrected chi connectivity index (χ4v) is 3.07. The highest BCUT2D eigenvalue weighted by Crippen LogP contribution is 2.34. The lowest BCUT2D eigenvalue weighted by Crippen LogP contribution is -2.23. The molecule has 0 atom stereocenters. The van der Waals surface area contributed by atoms with Gasteiger partial charge in [-0.3, -0.25) is 0 Å². The first-order valence-corrected chi connectivity index (χ1v) is 7.27. The minimum atomic E-state index is -0.0225. The second-order valence-electron chi connectivity index (χ2n) is 5.59. The highest BCUT2D eigenvalue weighted by Gasteiger charge is 2.35. The Morgan fingerprint density at radius 3 is 2.28 bits per heavy atom. The molecule has 1 fully saturated rings. The number of hydrogen-bond donors (Lipinski definition) is 0. The van der Waals surface area contributed by atoms with Gasteiger partial charge in [0.1, 0.15) is 0 Å². The molecule has 96 valence electrons. The van der Waals surface area contributed by atoms with Gasteiger partial charge in [-0.2, -0.15) is 0 Å². The van der Waals surface area contributed by atoms with Crippen molar-refractivity contribution < 1.29 is 0 Å². The maximum atomic E-state index is 7.55. The van der Waals surface area contributed by atoms with Gasteiger partial charge in [0.25, 0.3) is 0 Å². The number of hydrogen-bond acceptors (Lipinski definition) is 0. The molecule has 1 nitrogen and oxygen atoms in total. The van der Waals surface area contributed by atoms with E-state index in [9.17, 15) is 0 Å². The molecule has 0 radical (unpaired) electrons. The van der Waals surface area contributed by atoms with E-state index >= 15 is 0 Å². The highest BCUT2D eigenvalue weighted by molar-refractivity contribution is 5.14. The fourth-order valence-electron chi connectivity index (χ4n) is 3.07. The van der Waals surface area contributed by atoms with E-state index in [1.54, 1.807) is 0 Å². The first-order chi connectivity index (χ1) is 8.85. The second kappa shape index (κ2) is 6.59. The van der Waals surface area contributed by atoms with Crippen molar-refractivity contribution in [2.75, 3.05) is 0 Å². The number of benzene rings is 1. The Kier molecular flexibility index (Phi) is 4.81. The zero-order chi connectivity index (χ0) is 12.7. The lowest BCUT2D eigenvalue weighted by atomic mass is 9.85. The van der Waals surface area contributed by atoms with E-state index in [0.717, 1.165) is 32.1 Å². The monoisotopic (exact) mass is 241 g/mol. The van der Waals surface area contributed by atoms with E-state index in [2.05, 4.69) is 35.2 Å². The summed E-state index contributed by atoms with van der Waals surface area (Å²) in [5.41, 5.74) is 1.39. The van der Waals surface area contributed by atoms with Gasteiger partial charge in [-0.05, 0) is 31.2 Å². The van der Waals surface area contributed by atoms with Crippen molar-refractivity contribution in [1.29, 1.82) is 0 Å². The van der Waals surface area contributed by atoms with Crippen molar-refractivity contribution in [2.24, 2.45) is 0 Å². The zero-order valence-corrected chi connectivity index (χ0v) is 11.2. The molecule has 18 heavy (non-hydrogen) atoms. The summed E-state index contributed by atoms with van der Waals surface area (Å²) >= 11 is 0. The predicted octanol–water partition coefficient (Wildman–Crippen LogP) is 5.02. The van der Waals surface area contributed by atoms with E-state index in [0.29, 0.717) is 0 Å². The van der Waals surface area contributed by atoms with Crippen molar-refractivity contribution in [3.63, 3.8) is 0 Å². The summed E-state index contributed by atoms with van der Waals surface area (Å²) in [5.74, 6) is 0. The van der Waals surface area contributed by atoms with Crippen LogP contribution in [0.4, 0.5) is 0 Å². The molecule has 1 heteroatoms. The van der Waals surface area contributed by atoms with Gasteiger partial charge in [-0.15, -0.1) is 0 Å². The van der Waals surface area contributed by atoms with Gasteiger partial charge >= 0.3 is 0 Å². The van der Waals surface area contributed by atoms with Crippen LogP contribution in [0.25, 0.3) is 4.85 Å². The zero-order valence-electron chi connectivity index (χ0n) is 11.2. The van der Waals surface area contributed by atoms with Gasteiger partial charge in [0.15, 0.2) is 0 Å². The third-order valence-corrected chi connectivity index (χ3v) is 4.22. The summed E-state index contributed by atoms with van der Waals surface area (Å²) in [7, 11) is 0. The minimum Gasteiger partial charge on any atom is -0.310 e. The van der Waals surface area contributed by atoms with Crippen LogP contribution in [0.5, 0.6) is 0 Å². The van der Waals surface area contributed by atoms with Crippen molar-refractivity contribution in [3.8, 4) is 0 Å². The Morgan fingerprint density at radius 1 is 1.00 bits per heavy atom. The molecule has 2 rings (SSSR count). The van der Waals surface area contributed by atoms with Crippen LogP contribution >= 0.6 is 0 Å². The third kappa shape index (κ3) is 3.60. The largest absolute Gasteiger partial charge is 0.310 e. The lowest BCUT2D eigenvalue weighted by molar-refractivity contribution is 0.398. The summed E-state index contributed by atoms with van der Waals surface area (Å²) in [4.78, 5) is 4.02. The van der Waals surface area contributed by atoms with E-state index in [1.807, 2.05) is 0 Å². The fraction of sp³-hybridized carbons (Fsp3) is 0.588. The Labute approximate surface area is 111 Å². The molecular weight excluding hydrogens is 218 g/mol. The Hall–Kier alpha value is -1.29. The lowest BCUT2D eigenvalue weighted by Gasteiger charge is -2.19. The van der Waals surface area contributed by atoms with Crippen molar-refractivity contribution in [2.45, 2.75) is 63.3 Å². The molecule has 1 aliphatic rings. The Balaban J connectivity index is 1.85. The molecule has 0 amide bonds. The summed E-state index contributed by atoms with van der Waals surface area (Å²) < 4.78 is 0. The molecule has 0 N–H and O–H groups in total. The topological polar surface area (TPSA) is 4.36 Å². The molecule has 0 saturated heterocycles. The molecule has 0 unspecified atom stereocenters. The van der Waals surface area contributed by atoms with E-state index in [4.69, 9.17) is 6.57 Å². The number of aryl methyl sites for hydroxylation is 1. The smallest absolute Gasteiger partial charge is 0.232 e. The van der Waals surface area contributed by atoms with Crippen LogP contribution in [-0.2, 0) is 6.42 Å². The van der Waals surface area contributed by atoms with E-state index < -0.39 is 0 Å². The molecular formula is C17H23N.